The van der Waals surface area contributed by atoms with E-state index < -0.39 is 0 Å². The molecule has 0 N–H and O–H groups in total. The van der Waals surface area contributed by atoms with Crippen LogP contribution in [0.1, 0.15) is 37.8 Å². The van der Waals surface area contributed by atoms with E-state index in [0.29, 0.717) is 5.92 Å². The molecule has 1 atom stereocenters. The Bertz CT molecular complexity index is 427. The second-order valence-corrected chi connectivity index (χ2v) is 4.40. The monoisotopic (exact) mass is 230 g/mol. The van der Waals surface area contributed by atoms with Crippen LogP contribution in [0.15, 0.2) is 42.0 Å². The van der Waals surface area contributed by atoms with Crippen molar-refractivity contribution in [3.63, 3.8) is 0 Å². The molecule has 1 nitrogen and oxygen atoms in total. The summed E-state index contributed by atoms with van der Waals surface area (Å²) >= 11 is 0. The number of allylic oxidation sites excluding steroid dienone is 4. The summed E-state index contributed by atoms with van der Waals surface area (Å²) in [5.41, 5.74) is 3.81. The number of methoxy groups -OCH3 is 1. The molecule has 0 aliphatic rings. The predicted molar refractivity (Wildman–Crippen MR) is 74.7 cm³/mol. The first-order valence-electron chi connectivity index (χ1n) is 6.04. The van der Waals surface area contributed by atoms with Crippen molar-refractivity contribution in [2.24, 2.45) is 0 Å². The Balaban J connectivity index is 3.07. The molecule has 0 aliphatic carbocycles. The molecule has 0 heterocycles. The first-order chi connectivity index (χ1) is 8.10. The smallest absolute Gasteiger partial charge is 0.122 e. The van der Waals surface area contributed by atoms with E-state index in [1.807, 2.05) is 13.0 Å². The summed E-state index contributed by atoms with van der Waals surface area (Å²) in [6.45, 7) is 8.48. The van der Waals surface area contributed by atoms with Gasteiger partial charge in [-0.15, -0.1) is 0 Å². The van der Waals surface area contributed by atoms with Crippen molar-refractivity contribution < 1.29 is 4.74 Å². The quantitative estimate of drug-likeness (QED) is 0.685. The number of benzene rings is 1. The van der Waals surface area contributed by atoms with Gasteiger partial charge in [0.1, 0.15) is 5.75 Å². The summed E-state index contributed by atoms with van der Waals surface area (Å²) < 4.78 is 5.46. The number of hydrogen-bond acceptors (Lipinski definition) is 1. The molecule has 0 saturated carbocycles. The molecule has 1 aromatic rings. The normalized spacial score (nSPS) is 14.1. The Labute approximate surface area is 105 Å². The van der Waals surface area contributed by atoms with Crippen LogP contribution in [0.4, 0.5) is 0 Å². The van der Waals surface area contributed by atoms with E-state index in [0.717, 1.165) is 5.75 Å². The van der Waals surface area contributed by atoms with Crippen LogP contribution in [0.25, 0.3) is 0 Å². The van der Waals surface area contributed by atoms with Gasteiger partial charge >= 0.3 is 0 Å². The van der Waals surface area contributed by atoms with Crippen LogP contribution in [0.2, 0.25) is 0 Å². The highest BCUT2D eigenvalue weighted by Crippen LogP contribution is 2.32. The van der Waals surface area contributed by atoms with E-state index in [-0.39, 0.29) is 0 Å². The molecule has 0 aliphatic heterocycles. The number of hydrogen-bond donors (Lipinski definition) is 0. The van der Waals surface area contributed by atoms with Gasteiger partial charge in [0.05, 0.1) is 7.11 Å². The van der Waals surface area contributed by atoms with E-state index in [9.17, 15) is 0 Å². The molecule has 17 heavy (non-hydrogen) atoms. The van der Waals surface area contributed by atoms with Crippen LogP contribution in [0, 0.1) is 6.92 Å². The van der Waals surface area contributed by atoms with Crippen LogP contribution in [-0.2, 0) is 0 Å². The third-order valence-corrected chi connectivity index (χ3v) is 3.09. The number of rotatable bonds is 4. The fourth-order valence-corrected chi connectivity index (χ4v) is 1.81. The zero-order valence-electron chi connectivity index (χ0n) is 11.4. The van der Waals surface area contributed by atoms with Crippen LogP contribution in [0.5, 0.6) is 5.75 Å². The van der Waals surface area contributed by atoms with Gasteiger partial charge in [0.15, 0.2) is 0 Å². The lowest BCUT2D eigenvalue weighted by molar-refractivity contribution is 0.408. The molecule has 0 saturated heterocycles. The van der Waals surface area contributed by atoms with Crippen molar-refractivity contribution in [1.29, 1.82) is 0 Å². The maximum atomic E-state index is 5.46. The van der Waals surface area contributed by atoms with Crippen molar-refractivity contribution in [3.8, 4) is 5.75 Å². The standard InChI is InChI=1S/C16H22O/c1-6-7-8-13(3)14(4)15-10-9-12(2)11-16(15)17-5/h6-11,14H,1-5H3/b7-6+,13-8-. The molecule has 1 unspecified atom stereocenters. The molecule has 0 radical (unpaired) electrons. The SMILES string of the molecule is C/C=C/C=C(/C)C(C)c1ccc(C)cc1OC. The number of aryl methyl sites for hydroxylation is 1. The second kappa shape index (κ2) is 6.29. The highest BCUT2D eigenvalue weighted by Gasteiger charge is 2.12. The van der Waals surface area contributed by atoms with Crippen LogP contribution in [-0.4, -0.2) is 7.11 Å². The third kappa shape index (κ3) is 3.48. The maximum absolute atomic E-state index is 5.46. The number of ether oxygens (including phenoxy) is 1. The molecule has 0 bridgehead atoms. The van der Waals surface area contributed by atoms with E-state index >= 15 is 0 Å². The first-order valence-corrected chi connectivity index (χ1v) is 6.04. The van der Waals surface area contributed by atoms with Crippen molar-refractivity contribution in [3.05, 3.63) is 53.1 Å². The average molecular weight is 230 g/mol. The summed E-state index contributed by atoms with van der Waals surface area (Å²) in [5, 5.41) is 0. The molecule has 1 heteroatoms. The minimum absolute atomic E-state index is 0.377. The van der Waals surface area contributed by atoms with Gasteiger partial charge in [-0.3, -0.25) is 0 Å². The lowest BCUT2D eigenvalue weighted by Gasteiger charge is -2.16. The van der Waals surface area contributed by atoms with Gasteiger partial charge in [0.2, 0.25) is 0 Å². The van der Waals surface area contributed by atoms with Gasteiger partial charge in [-0.25, -0.2) is 0 Å². The van der Waals surface area contributed by atoms with Crippen molar-refractivity contribution in [2.45, 2.75) is 33.6 Å². The maximum Gasteiger partial charge on any atom is 0.122 e. The fourth-order valence-electron chi connectivity index (χ4n) is 1.81. The van der Waals surface area contributed by atoms with Crippen molar-refractivity contribution in [1.82, 2.24) is 0 Å². The molecule has 0 amide bonds. The Morgan fingerprint density at radius 2 is 2.06 bits per heavy atom. The lowest BCUT2D eigenvalue weighted by Crippen LogP contribution is -1.99. The Hall–Kier alpha value is -1.50. The summed E-state index contributed by atoms with van der Waals surface area (Å²) in [4.78, 5) is 0. The van der Waals surface area contributed by atoms with Crippen LogP contribution < -0.4 is 4.74 Å². The molecule has 1 rings (SSSR count). The van der Waals surface area contributed by atoms with Crippen LogP contribution >= 0.6 is 0 Å². The molecule has 0 spiro atoms. The molecule has 0 fully saturated rings. The van der Waals surface area contributed by atoms with E-state index in [2.05, 4.69) is 51.1 Å². The van der Waals surface area contributed by atoms with Gasteiger partial charge in [-0.2, -0.15) is 0 Å². The zero-order chi connectivity index (χ0) is 12.8. The van der Waals surface area contributed by atoms with Crippen molar-refractivity contribution >= 4 is 0 Å². The Kier molecular flexibility index (Phi) is 5.02. The molecule has 0 aromatic heterocycles. The lowest BCUT2D eigenvalue weighted by atomic mass is 9.92. The summed E-state index contributed by atoms with van der Waals surface area (Å²) in [7, 11) is 1.73. The Morgan fingerprint density at radius 1 is 1.35 bits per heavy atom. The topological polar surface area (TPSA) is 9.23 Å². The Morgan fingerprint density at radius 3 is 2.65 bits per heavy atom. The minimum Gasteiger partial charge on any atom is -0.496 e. The van der Waals surface area contributed by atoms with E-state index in [1.165, 1.54) is 16.7 Å². The average Bonchev–Trinajstić information content (AvgIpc) is 2.34. The summed E-state index contributed by atoms with van der Waals surface area (Å²) in [5.74, 6) is 1.35. The highest BCUT2D eigenvalue weighted by molar-refractivity contribution is 5.42. The van der Waals surface area contributed by atoms with Gasteiger partial charge < -0.3 is 4.74 Å². The largest absolute Gasteiger partial charge is 0.496 e. The van der Waals surface area contributed by atoms with Gasteiger partial charge in [0, 0.05) is 11.5 Å². The first kappa shape index (κ1) is 13.6. The second-order valence-electron chi connectivity index (χ2n) is 4.40. The van der Waals surface area contributed by atoms with E-state index in [4.69, 9.17) is 4.74 Å². The minimum atomic E-state index is 0.377. The molecule has 1 aromatic carbocycles. The molecule has 92 valence electrons. The zero-order valence-corrected chi connectivity index (χ0v) is 11.4. The van der Waals surface area contributed by atoms with Crippen LogP contribution in [0.3, 0.4) is 0 Å². The van der Waals surface area contributed by atoms with Gasteiger partial charge in [-0.05, 0) is 32.4 Å². The van der Waals surface area contributed by atoms with Gasteiger partial charge in [0.25, 0.3) is 0 Å². The fraction of sp³-hybridized carbons (Fsp3) is 0.375. The van der Waals surface area contributed by atoms with Gasteiger partial charge in [-0.1, -0.05) is 42.9 Å². The predicted octanol–water partition coefficient (Wildman–Crippen LogP) is 4.63. The highest BCUT2D eigenvalue weighted by atomic mass is 16.5. The van der Waals surface area contributed by atoms with Crippen molar-refractivity contribution in [2.75, 3.05) is 7.11 Å². The summed E-state index contributed by atoms with van der Waals surface area (Å²) in [6, 6.07) is 6.39. The molecular formula is C16H22O. The van der Waals surface area contributed by atoms with E-state index in [1.54, 1.807) is 7.11 Å². The third-order valence-electron chi connectivity index (χ3n) is 3.09. The molecular weight excluding hydrogens is 208 g/mol. The summed E-state index contributed by atoms with van der Waals surface area (Å²) in [6.07, 6.45) is 6.28.